The molecule has 0 aromatic heterocycles. The van der Waals surface area contributed by atoms with Crippen LogP contribution in [0, 0.1) is 11.6 Å². The maximum atomic E-state index is 13.4. The number of thioether (sulfide) groups is 1. The molecule has 1 fully saturated rings. The van der Waals surface area contributed by atoms with Crippen LogP contribution in [0.2, 0.25) is 0 Å². The van der Waals surface area contributed by atoms with Gasteiger partial charge in [0.15, 0.2) is 0 Å². The monoisotopic (exact) mass is 287 g/mol. The molecule has 0 radical (unpaired) electrons. The Morgan fingerprint density at radius 1 is 1.53 bits per heavy atom. The molecule has 104 valence electrons. The van der Waals surface area contributed by atoms with E-state index < -0.39 is 11.6 Å². The summed E-state index contributed by atoms with van der Waals surface area (Å²) >= 11 is 1.09. The summed E-state index contributed by atoms with van der Waals surface area (Å²) in [6.07, 6.45) is 0.0326. The topological polar surface area (TPSA) is 29.5 Å². The van der Waals surface area contributed by atoms with Crippen LogP contribution >= 0.6 is 11.8 Å². The van der Waals surface area contributed by atoms with Crippen molar-refractivity contribution < 1.29 is 18.3 Å². The van der Waals surface area contributed by atoms with Gasteiger partial charge in [-0.15, -0.1) is 11.8 Å². The molecule has 1 aliphatic heterocycles. The van der Waals surface area contributed by atoms with Crippen LogP contribution in [0.25, 0.3) is 0 Å². The molecule has 0 unspecified atom stereocenters. The Hall–Kier alpha value is -1.14. The van der Waals surface area contributed by atoms with Crippen molar-refractivity contribution in [1.29, 1.82) is 0 Å². The first-order valence-electron chi connectivity index (χ1n) is 6.03. The summed E-state index contributed by atoms with van der Waals surface area (Å²) in [4.78, 5) is 13.9. The number of carbonyl (C=O) groups is 1. The van der Waals surface area contributed by atoms with E-state index in [2.05, 4.69) is 0 Å². The fourth-order valence-electron chi connectivity index (χ4n) is 1.87. The molecule has 1 atom stereocenters. The van der Waals surface area contributed by atoms with Gasteiger partial charge in [0, 0.05) is 24.1 Å². The smallest absolute Gasteiger partial charge is 0.233 e. The molecule has 0 aliphatic carbocycles. The van der Waals surface area contributed by atoms with E-state index in [1.165, 1.54) is 12.1 Å². The molecule has 1 aromatic rings. The quantitative estimate of drug-likeness (QED) is 0.799. The van der Waals surface area contributed by atoms with E-state index in [9.17, 15) is 13.6 Å². The van der Waals surface area contributed by atoms with E-state index >= 15 is 0 Å². The normalized spacial score (nSPS) is 19.5. The minimum atomic E-state index is -0.631. The van der Waals surface area contributed by atoms with Crippen molar-refractivity contribution in [3.05, 3.63) is 29.8 Å². The van der Waals surface area contributed by atoms with E-state index in [-0.39, 0.29) is 22.7 Å². The molecule has 6 heteroatoms. The fourth-order valence-corrected chi connectivity index (χ4v) is 2.69. The summed E-state index contributed by atoms with van der Waals surface area (Å²) in [5, 5.41) is 0. The largest absolute Gasteiger partial charge is 0.375 e. The summed E-state index contributed by atoms with van der Waals surface area (Å²) in [6, 6.07) is 3.36. The zero-order chi connectivity index (χ0) is 13.8. The highest BCUT2D eigenvalue weighted by atomic mass is 32.2. The Morgan fingerprint density at radius 3 is 3.00 bits per heavy atom. The zero-order valence-corrected chi connectivity index (χ0v) is 11.4. The van der Waals surface area contributed by atoms with E-state index in [1.54, 1.807) is 4.90 Å². The van der Waals surface area contributed by atoms with Crippen LogP contribution in [0.4, 0.5) is 8.78 Å². The van der Waals surface area contributed by atoms with Crippen molar-refractivity contribution in [2.24, 2.45) is 0 Å². The van der Waals surface area contributed by atoms with Crippen LogP contribution in [0.1, 0.15) is 6.92 Å². The molecule has 1 amide bonds. The number of amides is 1. The van der Waals surface area contributed by atoms with Gasteiger partial charge in [-0.2, -0.15) is 0 Å². The number of morpholine rings is 1. The predicted octanol–water partition coefficient (Wildman–Crippen LogP) is 2.30. The first-order chi connectivity index (χ1) is 9.06. The Kier molecular flexibility index (Phi) is 4.76. The average molecular weight is 287 g/mol. The van der Waals surface area contributed by atoms with Crippen molar-refractivity contribution in [1.82, 2.24) is 4.90 Å². The maximum Gasteiger partial charge on any atom is 0.233 e. The van der Waals surface area contributed by atoms with E-state index in [4.69, 9.17) is 4.74 Å². The van der Waals surface area contributed by atoms with Gasteiger partial charge in [-0.25, -0.2) is 8.78 Å². The second-order valence-electron chi connectivity index (χ2n) is 4.38. The molecular weight excluding hydrogens is 272 g/mol. The first-order valence-corrected chi connectivity index (χ1v) is 7.02. The van der Waals surface area contributed by atoms with E-state index in [0.717, 1.165) is 17.8 Å². The van der Waals surface area contributed by atoms with Gasteiger partial charge in [0.25, 0.3) is 0 Å². The molecule has 3 nitrogen and oxygen atoms in total. The third kappa shape index (κ3) is 3.91. The molecule has 0 N–H and O–H groups in total. The third-order valence-electron chi connectivity index (χ3n) is 2.84. The second-order valence-corrected chi connectivity index (χ2v) is 5.40. The molecule has 1 saturated heterocycles. The lowest BCUT2D eigenvalue weighted by atomic mass is 10.3. The zero-order valence-electron chi connectivity index (χ0n) is 10.6. The Labute approximate surface area is 114 Å². The molecule has 0 saturated carbocycles. The average Bonchev–Trinajstić information content (AvgIpc) is 2.37. The number of hydrogen-bond donors (Lipinski definition) is 0. The first kappa shape index (κ1) is 14.3. The lowest BCUT2D eigenvalue weighted by molar-refractivity contribution is -0.135. The lowest BCUT2D eigenvalue weighted by Crippen LogP contribution is -2.45. The predicted molar refractivity (Wildman–Crippen MR) is 69.1 cm³/mol. The Bertz CT molecular complexity index is 470. The van der Waals surface area contributed by atoms with Crippen molar-refractivity contribution >= 4 is 17.7 Å². The summed E-state index contributed by atoms with van der Waals surface area (Å²) < 4.78 is 31.5. The van der Waals surface area contributed by atoms with Crippen LogP contribution in [0.3, 0.4) is 0 Å². The third-order valence-corrected chi connectivity index (χ3v) is 3.87. The fraction of sp³-hybridized carbons (Fsp3) is 0.462. The van der Waals surface area contributed by atoms with E-state index in [1.807, 2.05) is 6.92 Å². The van der Waals surface area contributed by atoms with Crippen molar-refractivity contribution in [2.75, 3.05) is 25.4 Å². The molecule has 1 heterocycles. The lowest BCUT2D eigenvalue weighted by Gasteiger charge is -2.31. The van der Waals surface area contributed by atoms with Crippen LogP contribution in [-0.4, -0.2) is 42.4 Å². The van der Waals surface area contributed by atoms with Gasteiger partial charge in [-0.3, -0.25) is 4.79 Å². The second kappa shape index (κ2) is 6.34. The van der Waals surface area contributed by atoms with Crippen molar-refractivity contribution in [3.63, 3.8) is 0 Å². The molecular formula is C13H15F2NO2S. The summed E-state index contributed by atoms with van der Waals surface area (Å²) in [6.45, 7) is 3.57. The van der Waals surface area contributed by atoms with Gasteiger partial charge in [0.05, 0.1) is 18.5 Å². The SMILES string of the molecule is C[C@@H]1CN(C(=O)CSc2ccc(F)cc2F)CCO1. The highest BCUT2D eigenvalue weighted by Gasteiger charge is 2.21. The number of nitrogens with zero attached hydrogens (tertiary/aromatic N) is 1. The summed E-state index contributed by atoms with van der Waals surface area (Å²) in [7, 11) is 0. The summed E-state index contributed by atoms with van der Waals surface area (Å²) in [5.74, 6) is -1.15. The molecule has 1 aromatic carbocycles. The van der Waals surface area contributed by atoms with Crippen molar-refractivity contribution in [3.8, 4) is 0 Å². The highest BCUT2D eigenvalue weighted by molar-refractivity contribution is 8.00. The van der Waals surface area contributed by atoms with Gasteiger partial charge in [0.2, 0.25) is 5.91 Å². The number of benzene rings is 1. The van der Waals surface area contributed by atoms with Crippen molar-refractivity contribution in [2.45, 2.75) is 17.9 Å². The van der Waals surface area contributed by atoms with Gasteiger partial charge in [0.1, 0.15) is 11.6 Å². The van der Waals surface area contributed by atoms with Crippen LogP contribution in [0.5, 0.6) is 0 Å². The number of rotatable bonds is 3. The molecule has 0 bridgehead atoms. The van der Waals surface area contributed by atoms with Gasteiger partial charge >= 0.3 is 0 Å². The van der Waals surface area contributed by atoms with Gasteiger partial charge < -0.3 is 9.64 Å². The number of halogens is 2. The van der Waals surface area contributed by atoms with Gasteiger partial charge in [-0.1, -0.05) is 0 Å². The van der Waals surface area contributed by atoms with Gasteiger partial charge in [-0.05, 0) is 19.1 Å². The highest BCUT2D eigenvalue weighted by Crippen LogP contribution is 2.23. The van der Waals surface area contributed by atoms with Crippen LogP contribution < -0.4 is 0 Å². The number of carbonyl (C=O) groups excluding carboxylic acids is 1. The Balaban J connectivity index is 1.89. The molecule has 1 aliphatic rings. The number of hydrogen-bond acceptors (Lipinski definition) is 3. The minimum absolute atomic E-state index is 0.0326. The van der Waals surface area contributed by atoms with E-state index in [0.29, 0.717) is 19.7 Å². The molecule has 2 rings (SSSR count). The summed E-state index contributed by atoms with van der Waals surface area (Å²) in [5.41, 5.74) is 0. The minimum Gasteiger partial charge on any atom is -0.375 e. The van der Waals surface area contributed by atoms with Crippen LogP contribution in [0.15, 0.2) is 23.1 Å². The molecule has 19 heavy (non-hydrogen) atoms. The standard InChI is InChI=1S/C13H15F2NO2S/c1-9-7-16(4-5-18-9)13(17)8-19-12-3-2-10(14)6-11(12)15/h2-3,6,9H,4-5,7-8H2,1H3/t9-/m1/s1. The Morgan fingerprint density at radius 2 is 2.32 bits per heavy atom. The maximum absolute atomic E-state index is 13.4. The van der Waals surface area contributed by atoms with Crippen LogP contribution in [-0.2, 0) is 9.53 Å². The molecule has 0 spiro atoms. The number of ether oxygens (including phenoxy) is 1.